The highest BCUT2D eigenvalue weighted by molar-refractivity contribution is 7.99. The second-order valence-electron chi connectivity index (χ2n) is 5.04. The molecule has 0 aromatic rings. The molecule has 1 unspecified atom stereocenters. The topological polar surface area (TPSA) is 38.0 Å². The highest BCUT2D eigenvalue weighted by Gasteiger charge is 2.21. The lowest BCUT2D eigenvalue weighted by Gasteiger charge is -2.28. The van der Waals surface area contributed by atoms with Crippen LogP contribution in [0.4, 0.5) is 0 Å². The van der Waals surface area contributed by atoms with Gasteiger partial charge in [-0.2, -0.15) is 11.8 Å². The van der Waals surface area contributed by atoms with Gasteiger partial charge in [-0.15, -0.1) is 0 Å². The van der Waals surface area contributed by atoms with E-state index in [9.17, 15) is 0 Å². The van der Waals surface area contributed by atoms with Crippen molar-refractivity contribution in [1.82, 2.24) is 5.43 Å². The summed E-state index contributed by atoms with van der Waals surface area (Å²) in [6, 6.07) is 0.452. The molecule has 0 bridgehead atoms. The number of nitrogens with one attached hydrogen (secondary N) is 1. The molecular formula is C13H24N2S. The van der Waals surface area contributed by atoms with Crippen molar-refractivity contribution in [3.63, 3.8) is 0 Å². The number of hydrazine groups is 1. The van der Waals surface area contributed by atoms with Crippen LogP contribution in [0.1, 0.15) is 44.9 Å². The Morgan fingerprint density at radius 3 is 2.81 bits per heavy atom. The summed E-state index contributed by atoms with van der Waals surface area (Å²) in [7, 11) is 0. The van der Waals surface area contributed by atoms with Gasteiger partial charge >= 0.3 is 0 Å². The summed E-state index contributed by atoms with van der Waals surface area (Å²) in [6.45, 7) is 0. The van der Waals surface area contributed by atoms with Crippen molar-refractivity contribution in [2.24, 2.45) is 11.8 Å². The van der Waals surface area contributed by atoms with Gasteiger partial charge in [-0.3, -0.25) is 11.3 Å². The molecule has 2 nitrogen and oxygen atoms in total. The second-order valence-corrected chi connectivity index (χ2v) is 6.26. The van der Waals surface area contributed by atoms with Gasteiger partial charge in [-0.05, 0) is 62.4 Å². The van der Waals surface area contributed by atoms with Crippen LogP contribution in [-0.4, -0.2) is 17.5 Å². The molecule has 0 radical (unpaired) electrons. The van der Waals surface area contributed by atoms with E-state index in [1.807, 2.05) is 0 Å². The Balaban J connectivity index is 1.86. The molecule has 3 N–H and O–H groups in total. The molecule has 1 heterocycles. The second kappa shape index (κ2) is 6.67. The Morgan fingerprint density at radius 2 is 2.19 bits per heavy atom. The molecule has 2 rings (SSSR count). The van der Waals surface area contributed by atoms with Crippen LogP contribution >= 0.6 is 11.8 Å². The maximum Gasteiger partial charge on any atom is 0.0422 e. The summed E-state index contributed by atoms with van der Waals surface area (Å²) in [5, 5.41) is 0. The molecular weight excluding hydrogens is 216 g/mol. The SMILES string of the molecule is NNC(CC1CCSCC1)C1=CCCCC1. The summed E-state index contributed by atoms with van der Waals surface area (Å²) < 4.78 is 0. The number of hydrogen-bond donors (Lipinski definition) is 2. The molecule has 1 atom stereocenters. The maximum absolute atomic E-state index is 5.72. The van der Waals surface area contributed by atoms with Crippen molar-refractivity contribution in [3.8, 4) is 0 Å². The van der Waals surface area contributed by atoms with Crippen molar-refractivity contribution < 1.29 is 0 Å². The van der Waals surface area contributed by atoms with Crippen LogP contribution in [0.3, 0.4) is 0 Å². The predicted octanol–water partition coefficient (Wildman–Crippen LogP) is 2.85. The standard InChI is InChI=1S/C13H24N2S/c14-15-13(12-4-2-1-3-5-12)10-11-6-8-16-9-7-11/h4,11,13,15H,1-3,5-10,14H2. The van der Waals surface area contributed by atoms with E-state index in [4.69, 9.17) is 5.84 Å². The van der Waals surface area contributed by atoms with Crippen molar-refractivity contribution in [2.45, 2.75) is 51.0 Å². The Labute approximate surface area is 103 Å². The van der Waals surface area contributed by atoms with E-state index in [0.717, 1.165) is 5.92 Å². The average molecular weight is 240 g/mol. The first kappa shape index (κ1) is 12.5. The fourth-order valence-corrected chi connectivity index (χ4v) is 4.03. The fraction of sp³-hybridized carbons (Fsp3) is 0.846. The van der Waals surface area contributed by atoms with Crippen molar-refractivity contribution in [2.75, 3.05) is 11.5 Å². The molecule has 0 amide bonds. The van der Waals surface area contributed by atoms with Gasteiger partial charge in [0, 0.05) is 6.04 Å². The van der Waals surface area contributed by atoms with Crippen LogP contribution in [0.25, 0.3) is 0 Å². The summed E-state index contributed by atoms with van der Waals surface area (Å²) in [5.41, 5.74) is 4.62. The third kappa shape index (κ3) is 3.51. The third-order valence-corrected chi connectivity index (χ3v) is 4.93. The van der Waals surface area contributed by atoms with Gasteiger partial charge in [0.15, 0.2) is 0 Å². The third-order valence-electron chi connectivity index (χ3n) is 3.88. The molecule has 2 aliphatic rings. The van der Waals surface area contributed by atoms with Crippen LogP contribution in [-0.2, 0) is 0 Å². The Kier molecular flexibility index (Phi) is 5.20. The zero-order valence-electron chi connectivity index (χ0n) is 10.1. The summed E-state index contributed by atoms with van der Waals surface area (Å²) in [4.78, 5) is 0. The molecule has 0 saturated carbocycles. The van der Waals surface area contributed by atoms with Gasteiger partial charge in [-0.25, -0.2) is 0 Å². The molecule has 1 aliphatic carbocycles. The largest absolute Gasteiger partial charge is 0.271 e. The van der Waals surface area contributed by atoms with Gasteiger partial charge in [0.25, 0.3) is 0 Å². The molecule has 16 heavy (non-hydrogen) atoms. The van der Waals surface area contributed by atoms with Gasteiger partial charge < -0.3 is 0 Å². The van der Waals surface area contributed by atoms with Gasteiger partial charge in [0.05, 0.1) is 0 Å². The normalized spacial score (nSPS) is 25.2. The minimum Gasteiger partial charge on any atom is -0.271 e. The molecule has 92 valence electrons. The highest BCUT2D eigenvalue weighted by atomic mass is 32.2. The number of thioether (sulfide) groups is 1. The van der Waals surface area contributed by atoms with Gasteiger partial charge in [0.1, 0.15) is 0 Å². The van der Waals surface area contributed by atoms with Crippen LogP contribution in [0.5, 0.6) is 0 Å². The van der Waals surface area contributed by atoms with Crippen LogP contribution in [0.15, 0.2) is 11.6 Å². The van der Waals surface area contributed by atoms with Crippen molar-refractivity contribution in [1.29, 1.82) is 0 Å². The molecule has 0 aromatic heterocycles. The van der Waals surface area contributed by atoms with E-state index in [2.05, 4.69) is 23.3 Å². The first-order valence-corrected chi connectivity index (χ1v) is 7.78. The van der Waals surface area contributed by atoms with Crippen molar-refractivity contribution in [3.05, 3.63) is 11.6 Å². The molecule has 0 aromatic carbocycles. The number of rotatable bonds is 4. The lowest BCUT2D eigenvalue weighted by atomic mass is 9.86. The average Bonchev–Trinajstić information content (AvgIpc) is 2.38. The fourth-order valence-electron chi connectivity index (χ4n) is 2.82. The minimum atomic E-state index is 0.452. The summed E-state index contributed by atoms with van der Waals surface area (Å²) in [6.07, 6.45) is 11.7. The quantitative estimate of drug-likeness (QED) is 0.451. The Morgan fingerprint density at radius 1 is 1.38 bits per heavy atom. The van der Waals surface area contributed by atoms with E-state index in [1.54, 1.807) is 5.57 Å². The first-order valence-electron chi connectivity index (χ1n) is 6.63. The number of hydrogen-bond acceptors (Lipinski definition) is 3. The first-order chi connectivity index (χ1) is 7.90. The van der Waals surface area contributed by atoms with Gasteiger partial charge in [-0.1, -0.05) is 11.6 Å². The van der Waals surface area contributed by atoms with E-state index in [0.29, 0.717) is 6.04 Å². The Bertz CT molecular complexity index is 234. The number of allylic oxidation sites excluding steroid dienone is 1. The molecule has 1 fully saturated rings. The van der Waals surface area contributed by atoms with E-state index >= 15 is 0 Å². The van der Waals surface area contributed by atoms with Crippen molar-refractivity contribution >= 4 is 11.8 Å². The van der Waals surface area contributed by atoms with E-state index in [-0.39, 0.29) is 0 Å². The molecule has 1 aliphatic heterocycles. The van der Waals surface area contributed by atoms with E-state index in [1.165, 1.54) is 56.5 Å². The summed E-state index contributed by atoms with van der Waals surface area (Å²) in [5.74, 6) is 9.31. The van der Waals surface area contributed by atoms with Crippen LogP contribution in [0, 0.1) is 5.92 Å². The monoisotopic (exact) mass is 240 g/mol. The lowest BCUT2D eigenvalue weighted by Crippen LogP contribution is -2.39. The number of nitrogens with two attached hydrogens (primary N) is 1. The summed E-state index contributed by atoms with van der Waals surface area (Å²) >= 11 is 2.10. The van der Waals surface area contributed by atoms with Crippen LogP contribution in [0.2, 0.25) is 0 Å². The molecule has 1 saturated heterocycles. The van der Waals surface area contributed by atoms with Crippen LogP contribution < -0.4 is 11.3 Å². The lowest BCUT2D eigenvalue weighted by molar-refractivity contribution is 0.384. The van der Waals surface area contributed by atoms with E-state index < -0.39 is 0 Å². The maximum atomic E-state index is 5.72. The van der Waals surface area contributed by atoms with Gasteiger partial charge in [0.2, 0.25) is 0 Å². The highest BCUT2D eigenvalue weighted by Crippen LogP contribution is 2.30. The predicted molar refractivity (Wildman–Crippen MR) is 72.3 cm³/mol. The molecule has 0 spiro atoms. The smallest absolute Gasteiger partial charge is 0.0422 e. The Hall–Kier alpha value is 0.01000. The minimum absolute atomic E-state index is 0.452. The molecule has 3 heteroatoms. The zero-order chi connectivity index (χ0) is 11.2. The zero-order valence-corrected chi connectivity index (χ0v) is 10.9.